The Morgan fingerprint density at radius 2 is 1.75 bits per heavy atom. The van der Waals surface area contributed by atoms with E-state index in [9.17, 15) is 9.59 Å². The smallest absolute Gasteiger partial charge is 0.234 e. The minimum absolute atomic E-state index is 0.136. The number of rotatable bonds is 6. The Hall–Kier alpha value is -3.33. The SMILES string of the molecule is CC(=O)Nc1ccc(NC(=O)CSc2nnc(-c3cccc(C)c3)n2N)cc1. The highest BCUT2D eigenvalue weighted by atomic mass is 32.2. The van der Waals surface area contributed by atoms with Crippen molar-refractivity contribution in [3.05, 3.63) is 54.1 Å². The van der Waals surface area contributed by atoms with Gasteiger partial charge in [0.15, 0.2) is 5.82 Å². The van der Waals surface area contributed by atoms with Crippen molar-refractivity contribution in [2.45, 2.75) is 19.0 Å². The second-order valence-electron chi connectivity index (χ2n) is 6.14. The predicted octanol–water partition coefficient (Wildman–Crippen LogP) is 2.66. The van der Waals surface area contributed by atoms with Crippen LogP contribution in [0, 0.1) is 6.92 Å². The second-order valence-corrected chi connectivity index (χ2v) is 7.08. The minimum atomic E-state index is -0.197. The van der Waals surface area contributed by atoms with Gasteiger partial charge in [-0.25, -0.2) is 4.68 Å². The van der Waals surface area contributed by atoms with Gasteiger partial charge in [0.25, 0.3) is 0 Å². The molecule has 1 heterocycles. The largest absolute Gasteiger partial charge is 0.335 e. The number of nitrogen functional groups attached to an aromatic ring is 1. The van der Waals surface area contributed by atoms with Crippen LogP contribution in [0.25, 0.3) is 11.4 Å². The first-order valence-electron chi connectivity index (χ1n) is 8.50. The van der Waals surface area contributed by atoms with Gasteiger partial charge in [0.2, 0.25) is 17.0 Å². The van der Waals surface area contributed by atoms with Crippen molar-refractivity contribution in [2.75, 3.05) is 22.2 Å². The highest BCUT2D eigenvalue weighted by molar-refractivity contribution is 7.99. The van der Waals surface area contributed by atoms with Gasteiger partial charge in [-0.05, 0) is 37.3 Å². The molecular formula is C19H20N6O2S. The molecule has 0 aliphatic heterocycles. The Labute approximate surface area is 166 Å². The molecule has 8 nitrogen and oxygen atoms in total. The molecule has 0 saturated heterocycles. The van der Waals surface area contributed by atoms with E-state index in [-0.39, 0.29) is 17.6 Å². The normalized spacial score (nSPS) is 10.5. The number of carbonyl (C=O) groups excluding carboxylic acids is 2. The molecule has 3 aromatic rings. The fourth-order valence-electron chi connectivity index (χ4n) is 2.52. The first kappa shape index (κ1) is 19.4. The molecule has 0 atom stereocenters. The van der Waals surface area contributed by atoms with Crippen molar-refractivity contribution in [2.24, 2.45) is 0 Å². The number of amides is 2. The summed E-state index contributed by atoms with van der Waals surface area (Å²) in [4.78, 5) is 23.2. The maximum atomic E-state index is 12.2. The van der Waals surface area contributed by atoms with Crippen LogP contribution >= 0.6 is 11.8 Å². The van der Waals surface area contributed by atoms with E-state index in [1.807, 2.05) is 31.2 Å². The fraction of sp³-hybridized carbons (Fsp3) is 0.158. The van der Waals surface area contributed by atoms with Crippen LogP contribution in [0.2, 0.25) is 0 Å². The molecule has 0 fully saturated rings. The van der Waals surface area contributed by atoms with Crippen molar-refractivity contribution in [1.82, 2.24) is 14.9 Å². The van der Waals surface area contributed by atoms with Gasteiger partial charge >= 0.3 is 0 Å². The number of thioether (sulfide) groups is 1. The predicted molar refractivity (Wildman–Crippen MR) is 110 cm³/mol. The number of aryl methyl sites for hydroxylation is 1. The van der Waals surface area contributed by atoms with Gasteiger partial charge < -0.3 is 16.5 Å². The summed E-state index contributed by atoms with van der Waals surface area (Å²) in [6, 6.07) is 14.7. The number of carbonyl (C=O) groups is 2. The lowest BCUT2D eigenvalue weighted by Crippen LogP contribution is -2.16. The molecule has 0 aliphatic rings. The molecule has 0 unspecified atom stereocenters. The van der Waals surface area contributed by atoms with Crippen LogP contribution in [0.1, 0.15) is 12.5 Å². The van der Waals surface area contributed by atoms with Crippen LogP contribution in [-0.2, 0) is 9.59 Å². The van der Waals surface area contributed by atoms with Crippen LogP contribution in [-0.4, -0.2) is 32.4 Å². The number of hydrogen-bond donors (Lipinski definition) is 3. The summed E-state index contributed by atoms with van der Waals surface area (Å²) in [6.45, 7) is 3.43. The Morgan fingerprint density at radius 1 is 1.07 bits per heavy atom. The van der Waals surface area contributed by atoms with E-state index in [1.165, 1.54) is 23.4 Å². The van der Waals surface area contributed by atoms with Crippen LogP contribution < -0.4 is 16.5 Å². The molecule has 0 radical (unpaired) electrons. The summed E-state index contributed by atoms with van der Waals surface area (Å²) in [5.41, 5.74) is 3.26. The topological polar surface area (TPSA) is 115 Å². The van der Waals surface area contributed by atoms with Crippen molar-refractivity contribution in [3.63, 3.8) is 0 Å². The first-order valence-corrected chi connectivity index (χ1v) is 9.49. The van der Waals surface area contributed by atoms with E-state index in [0.717, 1.165) is 11.1 Å². The average Bonchev–Trinajstić information content (AvgIpc) is 3.02. The third kappa shape index (κ3) is 4.89. The Bertz CT molecular complexity index is 1000. The molecule has 0 spiro atoms. The Balaban J connectivity index is 1.58. The van der Waals surface area contributed by atoms with E-state index >= 15 is 0 Å². The molecule has 1 aromatic heterocycles. The molecule has 144 valence electrons. The highest BCUT2D eigenvalue weighted by Gasteiger charge is 2.14. The number of nitrogens with one attached hydrogen (secondary N) is 2. The van der Waals surface area contributed by atoms with Crippen molar-refractivity contribution < 1.29 is 9.59 Å². The zero-order valence-electron chi connectivity index (χ0n) is 15.5. The third-order valence-corrected chi connectivity index (χ3v) is 4.71. The van der Waals surface area contributed by atoms with Gasteiger partial charge in [-0.15, -0.1) is 10.2 Å². The molecule has 2 aromatic carbocycles. The monoisotopic (exact) mass is 396 g/mol. The third-order valence-electron chi connectivity index (χ3n) is 3.76. The van der Waals surface area contributed by atoms with Crippen molar-refractivity contribution in [1.29, 1.82) is 0 Å². The Morgan fingerprint density at radius 3 is 2.39 bits per heavy atom. The van der Waals surface area contributed by atoms with Crippen LogP contribution in [0.3, 0.4) is 0 Å². The molecule has 28 heavy (non-hydrogen) atoms. The molecule has 9 heteroatoms. The number of aromatic nitrogens is 3. The fourth-order valence-corrected chi connectivity index (χ4v) is 3.18. The van der Waals surface area contributed by atoms with Gasteiger partial charge in [0, 0.05) is 23.9 Å². The van der Waals surface area contributed by atoms with Crippen LogP contribution in [0.4, 0.5) is 11.4 Å². The lowest BCUT2D eigenvalue weighted by Gasteiger charge is -2.07. The molecule has 3 rings (SSSR count). The van der Waals surface area contributed by atoms with Gasteiger partial charge in [-0.1, -0.05) is 35.5 Å². The number of benzene rings is 2. The van der Waals surface area contributed by atoms with E-state index < -0.39 is 0 Å². The summed E-state index contributed by atoms with van der Waals surface area (Å²) >= 11 is 1.20. The van der Waals surface area contributed by atoms with Crippen LogP contribution in [0.15, 0.2) is 53.7 Å². The van der Waals surface area contributed by atoms with E-state index in [2.05, 4.69) is 20.8 Å². The average molecular weight is 396 g/mol. The molecule has 0 aliphatic carbocycles. The summed E-state index contributed by atoms with van der Waals surface area (Å²) in [5, 5.41) is 14.1. The maximum absolute atomic E-state index is 12.2. The van der Waals surface area contributed by atoms with Gasteiger partial charge in [-0.2, -0.15) is 0 Å². The molecule has 2 amide bonds. The number of nitrogens with zero attached hydrogens (tertiary/aromatic N) is 3. The van der Waals surface area contributed by atoms with Gasteiger partial charge in [0.1, 0.15) is 0 Å². The van der Waals surface area contributed by atoms with Crippen molar-refractivity contribution in [3.8, 4) is 11.4 Å². The zero-order chi connectivity index (χ0) is 20.1. The lowest BCUT2D eigenvalue weighted by atomic mass is 10.1. The lowest BCUT2D eigenvalue weighted by molar-refractivity contribution is -0.114. The summed E-state index contributed by atoms with van der Waals surface area (Å²) < 4.78 is 1.38. The summed E-state index contributed by atoms with van der Waals surface area (Å²) in [7, 11) is 0. The molecule has 0 bridgehead atoms. The second kappa shape index (κ2) is 8.57. The molecule has 4 N–H and O–H groups in total. The zero-order valence-corrected chi connectivity index (χ0v) is 16.3. The molecule has 0 saturated carbocycles. The van der Waals surface area contributed by atoms with Crippen LogP contribution in [0.5, 0.6) is 0 Å². The number of anilines is 2. The van der Waals surface area contributed by atoms with Gasteiger partial charge in [-0.3, -0.25) is 9.59 Å². The van der Waals surface area contributed by atoms with Crippen molar-refractivity contribution >= 4 is 35.0 Å². The highest BCUT2D eigenvalue weighted by Crippen LogP contribution is 2.22. The quantitative estimate of drug-likeness (QED) is 0.436. The minimum Gasteiger partial charge on any atom is -0.335 e. The van der Waals surface area contributed by atoms with E-state index in [4.69, 9.17) is 5.84 Å². The standard InChI is InChI=1S/C19H20N6O2S/c1-12-4-3-5-14(10-12)18-23-24-19(25(18)20)28-11-17(27)22-16-8-6-15(7-9-16)21-13(2)26/h3-10H,11,20H2,1-2H3,(H,21,26)(H,22,27). The number of hydrogen-bond acceptors (Lipinski definition) is 6. The maximum Gasteiger partial charge on any atom is 0.234 e. The van der Waals surface area contributed by atoms with E-state index in [1.54, 1.807) is 24.3 Å². The van der Waals surface area contributed by atoms with E-state index in [0.29, 0.717) is 22.4 Å². The Kier molecular flexibility index (Phi) is 5.95. The first-order chi connectivity index (χ1) is 13.4. The summed E-state index contributed by atoms with van der Waals surface area (Å²) in [5.74, 6) is 6.42. The summed E-state index contributed by atoms with van der Waals surface area (Å²) in [6.07, 6.45) is 0. The molecular weight excluding hydrogens is 376 g/mol. The number of nitrogens with two attached hydrogens (primary N) is 1. The van der Waals surface area contributed by atoms with Gasteiger partial charge in [0.05, 0.1) is 5.75 Å².